The minimum Gasteiger partial charge on any atom is -0.493 e. The van der Waals surface area contributed by atoms with Gasteiger partial charge in [-0.2, -0.15) is 0 Å². The van der Waals surface area contributed by atoms with Gasteiger partial charge in [-0.25, -0.2) is 9.97 Å². The summed E-state index contributed by atoms with van der Waals surface area (Å²) in [6.45, 7) is 6.13. The van der Waals surface area contributed by atoms with E-state index in [1.165, 1.54) is 18.0 Å². The highest BCUT2D eigenvalue weighted by atomic mass is 16.5. The second-order valence-electron chi connectivity index (χ2n) is 6.72. The van der Waals surface area contributed by atoms with E-state index in [1.54, 1.807) is 32.4 Å². The molecule has 0 aliphatic rings. The molecule has 0 aliphatic heterocycles. The third kappa shape index (κ3) is 4.63. The number of anilines is 3. The van der Waals surface area contributed by atoms with E-state index in [9.17, 15) is 4.79 Å². The third-order valence-corrected chi connectivity index (χ3v) is 4.47. The Morgan fingerprint density at radius 3 is 2.10 bits per heavy atom. The number of aromatic nitrogens is 2. The van der Waals surface area contributed by atoms with Crippen LogP contribution in [0.1, 0.15) is 27.0 Å². The molecule has 150 valence electrons. The van der Waals surface area contributed by atoms with Gasteiger partial charge in [-0.05, 0) is 44.0 Å². The van der Waals surface area contributed by atoms with Crippen LogP contribution in [0.15, 0.2) is 42.7 Å². The quantitative estimate of drug-likeness (QED) is 0.646. The maximum Gasteiger partial charge on any atom is 0.258 e. The van der Waals surface area contributed by atoms with E-state index in [4.69, 9.17) is 9.47 Å². The summed E-state index contributed by atoms with van der Waals surface area (Å²) < 4.78 is 10.5. The van der Waals surface area contributed by atoms with Crippen molar-refractivity contribution in [1.29, 1.82) is 0 Å². The number of hydrogen-bond donors (Lipinski definition) is 2. The number of nitrogens with one attached hydrogen (secondary N) is 2. The Kier molecular flexibility index (Phi) is 5.97. The molecule has 2 N–H and O–H groups in total. The van der Waals surface area contributed by atoms with Crippen LogP contribution in [0.5, 0.6) is 11.5 Å². The van der Waals surface area contributed by atoms with E-state index in [-0.39, 0.29) is 5.91 Å². The Labute approximate surface area is 170 Å². The summed E-state index contributed by atoms with van der Waals surface area (Å²) >= 11 is 0. The van der Waals surface area contributed by atoms with Gasteiger partial charge in [-0.15, -0.1) is 0 Å². The number of amides is 1. The van der Waals surface area contributed by atoms with Crippen LogP contribution in [-0.2, 0) is 0 Å². The van der Waals surface area contributed by atoms with E-state index >= 15 is 0 Å². The molecule has 3 rings (SSSR count). The summed E-state index contributed by atoms with van der Waals surface area (Å²) in [6.07, 6.45) is 2.98. The predicted octanol–water partition coefficient (Wildman–Crippen LogP) is 4.41. The molecule has 0 radical (unpaired) electrons. The summed E-state index contributed by atoms with van der Waals surface area (Å²) in [6, 6.07) is 9.35. The molecule has 1 heterocycles. The van der Waals surface area contributed by atoms with Crippen molar-refractivity contribution >= 4 is 23.2 Å². The summed E-state index contributed by atoms with van der Waals surface area (Å²) in [5.74, 6) is 1.24. The minimum atomic E-state index is -0.313. The van der Waals surface area contributed by atoms with Crippen molar-refractivity contribution < 1.29 is 14.3 Å². The third-order valence-electron chi connectivity index (χ3n) is 4.47. The number of methoxy groups -OCH3 is 2. The molecule has 0 unspecified atom stereocenters. The van der Waals surface area contributed by atoms with Gasteiger partial charge >= 0.3 is 0 Å². The van der Waals surface area contributed by atoms with Gasteiger partial charge in [0.25, 0.3) is 5.91 Å². The van der Waals surface area contributed by atoms with Gasteiger partial charge in [0, 0.05) is 29.8 Å². The van der Waals surface area contributed by atoms with Gasteiger partial charge in [-0.3, -0.25) is 4.79 Å². The van der Waals surface area contributed by atoms with Crippen molar-refractivity contribution in [2.45, 2.75) is 20.8 Å². The Bertz CT molecular complexity index is 1010. The van der Waals surface area contributed by atoms with Gasteiger partial charge in [0.05, 0.1) is 19.8 Å². The highest BCUT2D eigenvalue weighted by Crippen LogP contribution is 2.30. The normalized spacial score (nSPS) is 10.4. The van der Waals surface area contributed by atoms with Crippen molar-refractivity contribution in [1.82, 2.24) is 9.97 Å². The van der Waals surface area contributed by atoms with Gasteiger partial charge < -0.3 is 20.1 Å². The monoisotopic (exact) mass is 392 g/mol. The molecule has 0 saturated heterocycles. The van der Waals surface area contributed by atoms with Gasteiger partial charge in [0.1, 0.15) is 0 Å². The van der Waals surface area contributed by atoms with Crippen molar-refractivity contribution in [2.75, 3.05) is 24.9 Å². The standard InChI is InChI=1S/C22H24N4O3/c1-13-8-14(2)20(15(3)9-13)26-22-23-11-16(12-24-22)21(27)25-17-6-7-18(28-4)19(10-17)29-5/h6-12H,1-5H3,(H,25,27)(H,23,24,26). The van der Waals surface area contributed by atoms with E-state index in [2.05, 4.69) is 39.7 Å². The average Bonchev–Trinajstić information content (AvgIpc) is 2.71. The summed E-state index contributed by atoms with van der Waals surface area (Å²) in [4.78, 5) is 21.0. The second kappa shape index (κ2) is 8.60. The van der Waals surface area contributed by atoms with Crippen LogP contribution in [0.25, 0.3) is 0 Å². The Hall–Kier alpha value is -3.61. The Morgan fingerprint density at radius 1 is 0.897 bits per heavy atom. The van der Waals surface area contributed by atoms with E-state index in [1.807, 2.05) is 13.8 Å². The molecule has 0 atom stereocenters. The van der Waals surface area contributed by atoms with Crippen molar-refractivity contribution in [3.63, 3.8) is 0 Å². The Balaban J connectivity index is 1.72. The number of ether oxygens (including phenoxy) is 2. The van der Waals surface area contributed by atoms with Gasteiger partial charge in [-0.1, -0.05) is 17.7 Å². The summed E-state index contributed by atoms with van der Waals surface area (Å²) in [5.41, 5.74) is 5.33. The van der Waals surface area contributed by atoms with Crippen molar-refractivity contribution in [2.24, 2.45) is 0 Å². The molecule has 1 amide bonds. The zero-order chi connectivity index (χ0) is 21.0. The van der Waals surface area contributed by atoms with Crippen LogP contribution in [-0.4, -0.2) is 30.1 Å². The van der Waals surface area contributed by atoms with Crippen molar-refractivity contribution in [3.8, 4) is 11.5 Å². The number of carbonyl (C=O) groups is 1. The first-order chi connectivity index (χ1) is 13.9. The molecular weight excluding hydrogens is 368 g/mol. The number of aryl methyl sites for hydroxylation is 3. The van der Waals surface area contributed by atoms with Gasteiger partial charge in [0.2, 0.25) is 5.95 Å². The van der Waals surface area contributed by atoms with E-state index in [0.29, 0.717) is 28.7 Å². The zero-order valence-electron chi connectivity index (χ0n) is 17.2. The number of rotatable bonds is 6. The lowest BCUT2D eigenvalue weighted by atomic mass is 10.1. The lowest BCUT2D eigenvalue weighted by Crippen LogP contribution is -2.13. The number of carbonyl (C=O) groups excluding carboxylic acids is 1. The predicted molar refractivity (Wildman–Crippen MR) is 113 cm³/mol. The van der Waals surface area contributed by atoms with E-state index < -0.39 is 0 Å². The van der Waals surface area contributed by atoms with Crippen LogP contribution in [0, 0.1) is 20.8 Å². The molecule has 0 saturated carbocycles. The van der Waals surface area contributed by atoms with Gasteiger partial charge in [0.15, 0.2) is 11.5 Å². The van der Waals surface area contributed by atoms with Crippen molar-refractivity contribution in [3.05, 3.63) is 65.0 Å². The molecule has 0 fully saturated rings. The van der Waals surface area contributed by atoms with Crippen LogP contribution < -0.4 is 20.1 Å². The molecule has 0 aliphatic carbocycles. The molecule has 7 heteroatoms. The molecule has 2 aromatic carbocycles. The summed E-state index contributed by atoms with van der Waals surface area (Å²) in [5, 5.41) is 6.03. The van der Waals surface area contributed by atoms with Crippen LogP contribution in [0.2, 0.25) is 0 Å². The second-order valence-corrected chi connectivity index (χ2v) is 6.72. The van der Waals surface area contributed by atoms with Crippen LogP contribution in [0.4, 0.5) is 17.3 Å². The first-order valence-corrected chi connectivity index (χ1v) is 9.11. The fourth-order valence-corrected chi connectivity index (χ4v) is 3.12. The smallest absolute Gasteiger partial charge is 0.258 e. The van der Waals surface area contributed by atoms with Crippen LogP contribution >= 0.6 is 0 Å². The first-order valence-electron chi connectivity index (χ1n) is 9.11. The molecule has 1 aromatic heterocycles. The fourth-order valence-electron chi connectivity index (χ4n) is 3.12. The molecule has 3 aromatic rings. The summed E-state index contributed by atoms with van der Waals surface area (Å²) in [7, 11) is 3.10. The highest BCUT2D eigenvalue weighted by Gasteiger charge is 2.11. The molecular formula is C22H24N4O3. The maximum absolute atomic E-state index is 12.5. The zero-order valence-corrected chi connectivity index (χ0v) is 17.2. The molecule has 29 heavy (non-hydrogen) atoms. The molecule has 7 nitrogen and oxygen atoms in total. The fraction of sp³-hybridized carbons (Fsp3) is 0.227. The lowest BCUT2D eigenvalue weighted by molar-refractivity contribution is 0.102. The number of hydrogen-bond acceptors (Lipinski definition) is 6. The Morgan fingerprint density at radius 2 is 1.52 bits per heavy atom. The SMILES string of the molecule is COc1ccc(NC(=O)c2cnc(Nc3c(C)cc(C)cc3C)nc2)cc1OC. The first kappa shape index (κ1) is 20.1. The molecule has 0 bridgehead atoms. The number of benzene rings is 2. The largest absolute Gasteiger partial charge is 0.493 e. The highest BCUT2D eigenvalue weighted by molar-refractivity contribution is 6.04. The molecule has 0 spiro atoms. The van der Waals surface area contributed by atoms with Crippen LogP contribution in [0.3, 0.4) is 0 Å². The minimum absolute atomic E-state index is 0.313. The average molecular weight is 392 g/mol. The number of nitrogens with zero attached hydrogens (tertiary/aromatic N) is 2. The van der Waals surface area contributed by atoms with E-state index in [0.717, 1.165) is 16.8 Å². The topological polar surface area (TPSA) is 85.4 Å². The lowest BCUT2D eigenvalue weighted by Gasteiger charge is -2.13. The maximum atomic E-state index is 12.5.